The Hall–Kier alpha value is -1.88. The van der Waals surface area contributed by atoms with Gasteiger partial charge in [0, 0.05) is 12.6 Å². The number of carbonyl (C=O) groups is 2. The van der Waals surface area contributed by atoms with Crippen LogP contribution in [0.25, 0.3) is 6.08 Å². The van der Waals surface area contributed by atoms with Crippen LogP contribution in [0.4, 0.5) is 0 Å². The van der Waals surface area contributed by atoms with E-state index in [1.54, 1.807) is 6.08 Å². The Labute approximate surface area is 96.5 Å². The van der Waals surface area contributed by atoms with Gasteiger partial charge in [-0.3, -0.25) is 4.79 Å². The van der Waals surface area contributed by atoms with Crippen LogP contribution in [0, 0.1) is 0 Å². The zero-order chi connectivity index (χ0) is 12.1. The molecule has 0 bridgehead atoms. The minimum absolute atomic E-state index is 0.0699. The van der Waals surface area contributed by atoms with Crippen molar-refractivity contribution in [3.05, 3.63) is 34.6 Å². The summed E-state index contributed by atoms with van der Waals surface area (Å²) in [4.78, 5) is 24.9. The highest BCUT2D eigenvalue weighted by Gasteiger charge is 2.09. The van der Waals surface area contributed by atoms with Gasteiger partial charge in [-0.1, -0.05) is 23.8 Å². The van der Waals surface area contributed by atoms with Crippen LogP contribution < -0.4 is 5.73 Å². The van der Waals surface area contributed by atoms with Crippen LogP contribution in [0.5, 0.6) is 0 Å². The lowest BCUT2D eigenvalue weighted by Gasteiger charge is -1.99. The third-order valence-corrected chi connectivity index (χ3v) is 2.02. The SMILES string of the molecule is NC(=O)CC=Cc1cnc(Cl)c(C(=O)O)c1. The quantitative estimate of drug-likeness (QED) is 0.776. The van der Waals surface area contributed by atoms with Gasteiger partial charge < -0.3 is 10.8 Å². The Morgan fingerprint density at radius 1 is 1.56 bits per heavy atom. The Balaban J connectivity index is 2.91. The number of carbonyl (C=O) groups excluding carboxylic acids is 1. The smallest absolute Gasteiger partial charge is 0.338 e. The maximum atomic E-state index is 10.7. The van der Waals surface area contributed by atoms with E-state index in [1.165, 1.54) is 18.3 Å². The predicted molar refractivity (Wildman–Crippen MR) is 59.1 cm³/mol. The van der Waals surface area contributed by atoms with E-state index >= 15 is 0 Å². The third kappa shape index (κ3) is 3.36. The van der Waals surface area contributed by atoms with Crippen molar-refractivity contribution in [2.24, 2.45) is 5.73 Å². The van der Waals surface area contributed by atoms with E-state index in [1.807, 2.05) is 0 Å². The molecule has 84 valence electrons. The highest BCUT2D eigenvalue weighted by atomic mass is 35.5. The van der Waals surface area contributed by atoms with Crippen molar-refractivity contribution in [1.82, 2.24) is 4.98 Å². The summed E-state index contributed by atoms with van der Waals surface area (Å²) in [6.07, 6.45) is 4.58. The first-order chi connectivity index (χ1) is 7.50. The van der Waals surface area contributed by atoms with Crippen LogP contribution >= 0.6 is 11.6 Å². The summed E-state index contributed by atoms with van der Waals surface area (Å²) in [6.45, 7) is 0. The van der Waals surface area contributed by atoms with E-state index in [0.717, 1.165) is 0 Å². The molecule has 0 aliphatic rings. The van der Waals surface area contributed by atoms with Crippen molar-refractivity contribution < 1.29 is 14.7 Å². The summed E-state index contributed by atoms with van der Waals surface area (Å²) >= 11 is 5.59. The average molecular weight is 241 g/mol. The molecular formula is C10H9ClN2O3. The van der Waals surface area contributed by atoms with E-state index in [2.05, 4.69) is 4.98 Å². The highest BCUT2D eigenvalue weighted by Crippen LogP contribution is 2.15. The average Bonchev–Trinajstić information content (AvgIpc) is 2.19. The van der Waals surface area contributed by atoms with Crippen molar-refractivity contribution >= 4 is 29.6 Å². The minimum Gasteiger partial charge on any atom is -0.478 e. The molecule has 0 radical (unpaired) electrons. The number of nitrogens with two attached hydrogens (primary N) is 1. The molecule has 1 aromatic rings. The number of pyridine rings is 1. The molecular weight excluding hydrogens is 232 g/mol. The van der Waals surface area contributed by atoms with Crippen LogP contribution in [0.2, 0.25) is 5.15 Å². The summed E-state index contributed by atoms with van der Waals surface area (Å²) in [5, 5.41) is 8.71. The lowest BCUT2D eigenvalue weighted by molar-refractivity contribution is -0.117. The van der Waals surface area contributed by atoms with E-state index < -0.39 is 11.9 Å². The number of aromatic nitrogens is 1. The van der Waals surface area contributed by atoms with Gasteiger partial charge in [-0.15, -0.1) is 0 Å². The van der Waals surface area contributed by atoms with Crippen molar-refractivity contribution in [2.45, 2.75) is 6.42 Å². The molecule has 0 fully saturated rings. The lowest BCUT2D eigenvalue weighted by atomic mass is 10.2. The minimum atomic E-state index is -1.15. The van der Waals surface area contributed by atoms with Gasteiger partial charge in [0.1, 0.15) is 5.15 Å². The fourth-order valence-electron chi connectivity index (χ4n) is 1.02. The first-order valence-corrected chi connectivity index (χ1v) is 4.72. The van der Waals surface area contributed by atoms with Crippen LogP contribution in [-0.2, 0) is 4.79 Å². The normalized spacial score (nSPS) is 10.6. The van der Waals surface area contributed by atoms with Crippen LogP contribution in [-0.4, -0.2) is 22.0 Å². The van der Waals surface area contributed by atoms with Gasteiger partial charge in [-0.05, 0) is 11.6 Å². The van der Waals surface area contributed by atoms with Crippen LogP contribution in [0.1, 0.15) is 22.3 Å². The molecule has 5 nitrogen and oxygen atoms in total. The van der Waals surface area contributed by atoms with Crippen LogP contribution in [0.15, 0.2) is 18.3 Å². The molecule has 1 heterocycles. The van der Waals surface area contributed by atoms with E-state index in [9.17, 15) is 9.59 Å². The van der Waals surface area contributed by atoms with Gasteiger partial charge in [0.25, 0.3) is 0 Å². The lowest BCUT2D eigenvalue weighted by Crippen LogP contribution is -2.07. The fourth-order valence-corrected chi connectivity index (χ4v) is 1.20. The number of halogens is 1. The van der Waals surface area contributed by atoms with Crippen molar-refractivity contribution in [2.75, 3.05) is 0 Å². The van der Waals surface area contributed by atoms with Gasteiger partial charge in [-0.2, -0.15) is 0 Å². The largest absolute Gasteiger partial charge is 0.478 e. The maximum absolute atomic E-state index is 10.7. The molecule has 0 saturated carbocycles. The number of primary amides is 1. The molecule has 1 aromatic heterocycles. The summed E-state index contributed by atoms with van der Waals surface area (Å²) in [6, 6.07) is 1.37. The second-order valence-electron chi connectivity index (χ2n) is 2.98. The number of rotatable bonds is 4. The summed E-state index contributed by atoms with van der Waals surface area (Å²) < 4.78 is 0. The Bertz CT molecular complexity index is 457. The predicted octanol–water partition coefficient (Wildman–Crippen LogP) is 1.32. The summed E-state index contributed by atoms with van der Waals surface area (Å²) in [5.74, 6) is -1.61. The molecule has 1 amide bonds. The molecule has 6 heteroatoms. The molecule has 0 aliphatic carbocycles. The van der Waals surface area contributed by atoms with Gasteiger partial charge in [0.15, 0.2) is 0 Å². The standard InChI is InChI=1S/C10H9ClN2O3/c11-9-7(10(15)16)4-6(5-13-9)2-1-3-8(12)14/h1-2,4-5H,3H2,(H2,12,14)(H,15,16). The molecule has 0 unspecified atom stereocenters. The first kappa shape index (κ1) is 12.2. The summed E-state index contributed by atoms with van der Waals surface area (Å²) in [5.41, 5.74) is 5.40. The first-order valence-electron chi connectivity index (χ1n) is 4.34. The number of amides is 1. The summed E-state index contributed by atoms with van der Waals surface area (Å²) in [7, 11) is 0. The number of nitrogens with zero attached hydrogens (tertiary/aromatic N) is 1. The number of carboxylic acids is 1. The Morgan fingerprint density at radius 2 is 2.25 bits per heavy atom. The fraction of sp³-hybridized carbons (Fsp3) is 0.100. The molecule has 0 saturated heterocycles. The zero-order valence-corrected chi connectivity index (χ0v) is 8.94. The van der Waals surface area contributed by atoms with E-state index in [-0.39, 0.29) is 17.1 Å². The number of hydrogen-bond donors (Lipinski definition) is 2. The zero-order valence-electron chi connectivity index (χ0n) is 8.18. The van der Waals surface area contributed by atoms with Crippen molar-refractivity contribution in [1.29, 1.82) is 0 Å². The number of aromatic carboxylic acids is 1. The monoisotopic (exact) mass is 240 g/mol. The number of hydrogen-bond acceptors (Lipinski definition) is 3. The van der Waals surface area contributed by atoms with E-state index in [0.29, 0.717) is 5.56 Å². The van der Waals surface area contributed by atoms with Gasteiger partial charge in [-0.25, -0.2) is 9.78 Å². The Morgan fingerprint density at radius 3 is 2.81 bits per heavy atom. The highest BCUT2D eigenvalue weighted by molar-refractivity contribution is 6.32. The second kappa shape index (κ2) is 5.27. The Kier molecular flexibility index (Phi) is 4.02. The van der Waals surface area contributed by atoms with Gasteiger partial charge >= 0.3 is 5.97 Å². The molecule has 0 spiro atoms. The molecule has 0 aliphatic heterocycles. The van der Waals surface area contributed by atoms with Gasteiger partial charge in [0.05, 0.1) is 5.56 Å². The van der Waals surface area contributed by atoms with Gasteiger partial charge in [0.2, 0.25) is 5.91 Å². The van der Waals surface area contributed by atoms with Crippen LogP contribution in [0.3, 0.4) is 0 Å². The molecule has 1 rings (SSSR count). The molecule has 0 aromatic carbocycles. The molecule has 0 atom stereocenters. The second-order valence-corrected chi connectivity index (χ2v) is 3.34. The number of carboxylic acid groups (broad SMARTS) is 1. The molecule has 3 N–H and O–H groups in total. The van der Waals surface area contributed by atoms with Crippen molar-refractivity contribution in [3.8, 4) is 0 Å². The van der Waals surface area contributed by atoms with Crippen molar-refractivity contribution in [3.63, 3.8) is 0 Å². The third-order valence-electron chi connectivity index (χ3n) is 1.72. The maximum Gasteiger partial charge on any atom is 0.338 e. The van der Waals surface area contributed by atoms with E-state index in [4.69, 9.17) is 22.4 Å². The topological polar surface area (TPSA) is 93.3 Å². The molecule has 16 heavy (non-hydrogen) atoms.